The van der Waals surface area contributed by atoms with E-state index >= 15 is 0 Å². The fourth-order valence-corrected chi connectivity index (χ4v) is 2.27. The number of aryl methyl sites for hydroxylation is 1. The molecule has 0 radical (unpaired) electrons. The van der Waals surface area contributed by atoms with Gasteiger partial charge in [-0.2, -0.15) is 0 Å². The van der Waals surface area contributed by atoms with E-state index in [0.717, 1.165) is 11.8 Å². The van der Waals surface area contributed by atoms with E-state index in [0.29, 0.717) is 0 Å². The topological polar surface area (TPSA) is 0 Å². The highest BCUT2D eigenvalue weighted by atomic mass is 14.2. The summed E-state index contributed by atoms with van der Waals surface area (Å²) in [6, 6.07) is 8.84. The molecule has 1 unspecified atom stereocenters. The molecule has 1 aromatic carbocycles. The first-order valence-corrected chi connectivity index (χ1v) is 6.22. The predicted molar refractivity (Wildman–Crippen MR) is 68.3 cm³/mol. The summed E-state index contributed by atoms with van der Waals surface area (Å²) in [6.07, 6.45) is 3.98. The number of hydrogen-bond acceptors (Lipinski definition) is 0. The Balaban J connectivity index is 2.84. The maximum Gasteiger partial charge on any atom is -0.0136 e. The number of hydrogen-bond donors (Lipinski definition) is 0. The summed E-state index contributed by atoms with van der Waals surface area (Å²) in [5, 5.41) is 0. The number of unbranched alkanes of at least 4 members (excludes halogenated alkanes) is 1. The van der Waals surface area contributed by atoms with Crippen LogP contribution in [0.1, 0.15) is 57.1 Å². The van der Waals surface area contributed by atoms with Crippen molar-refractivity contribution in [2.45, 2.75) is 52.9 Å². The van der Waals surface area contributed by atoms with Crippen molar-refractivity contribution in [1.29, 1.82) is 0 Å². The van der Waals surface area contributed by atoms with Gasteiger partial charge in [0.05, 0.1) is 0 Å². The Kier molecular flexibility index (Phi) is 4.87. The molecule has 1 aromatic rings. The van der Waals surface area contributed by atoms with Gasteiger partial charge in [0.15, 0.2) is 0 Å². The zero-order chi connectivity index (χ0) is 11.3. The smallest absolute Gasteiger partial charge is 0.0136 e. The van der Waals surface area contributed by atoms with E-state index in [4.69, 9.17) is 0 Å². The molecule has 0 spiro atoms. The molecule has 1 rings (SSSR count). The molecular formula is C15H24. The third-order valence-electron chi connectivity index (χ3n) is 3.26. The van der Waals surface area contributed by atoms with E-state index in [9.17, 15) is 0 Å². The summed E-state index contributed by atoms with van der Waals surface area (Å²) < 4.78 is 0. The fraction of sp³-hybridized carbons (Fsp3) is 0.600. The normalized spacial score (nSPS) is 13.1. The minimum absolute atomic E-state index is 0.742. The van der Waals surface area contributed by atoms with E-state index in [1.807, 2.05) is 0 Å². The molecular weight excluding hydrogens is 180 g/mol. The summed E-state index contributed by atoms with van der Waals surface area (Å²) >= 11 is 0. The van der Waals surface area contributed by atoms with Crippen LogP contribution in [0.4, 0.5) is 0 Å². The zero-order valence-corrected chi connectivity index (χ0v) is 10.6. The molecule has 0 N–H and O–H groups in total. The maximum absolute atomic E-state index is 2.34. The second-order valence-electron chi connectivity index (χ2n) is 4.85. The van der Waals surface area contributed by atoms with Gasteiger partial charge in [-0.05, 0) is 36.3 Å². The van der Waals surface area contributed by atoms with E-state index < -0.39 is 0 Å². The van der Waals surface area contributed by atoms with Gasteiger partial charge in [0, 0.05) is 0 Å². The molecule has 15 heavy (non-hydrogen) atoms. The lowest BCUT2D eigenvalue weighted by Crippen LogP contribution is -2.08. The number of rotatable bonds is 5. The van der Waals surface area contributed by atoms with E-state index in [1.165, 1.54) is 24.8 Å². The van der Waals surface area contributed by atoms with Crippen LogP contribution in [0, 0.1) is 12.8 Å². The summed E-state index contributed by atoms with van der Waals surface area (Å²) in [4.78, 5) is 0. The van der Waals surface area contributed by atoms with Crippen molar-refractivity contribution in [3.05, 3.63) is 35.4 Å². The molecule has 0 fully saturated rings. The van der Waals surface area contributed by atoms with Crippen molar-refractivity contribution >= 4 is 0 Å². The lowest BCUT2D eigenvalue weighted by molar-refractivity contribution is 0.451. The van der Waals surface area contributed by atoms with Crippen LogP contribution in [0.3, 0.4) is 0 Å². The molecule has 0 saturated heterocycles. The molecule has 0 heteroatoms. The van der Waals surface area contributed by atoms with Crippen LogP contribution in [0.5, 0.6) is 0 Å². The number of benzene rings is 1. The maximum atomic E-state index is 2.34. The van der Waals surface area contributed by atoms with Crippen molar-refractivity contribution in [1.82, 2.24) is 0 Å². The van der Waals surface area contributed by atoms with Gasteiger partial charge in [0.2, 0.25) is 0 Å². The first kappa shape index (κ1) is 12.3. The van der Waals surface area contributed by atoms with Crippen molar-refractivity contribution in [2.75, 3.05) is 0 Å². The lowest BCUT2D eigenvalue weighted by Gasteiger charge is -2.23. The fourth-order valence-electron chi connectivity index (χ4n) is 2.27. The summed E-state index contributed by atoms with van der Waals surface area (Å²) in [5.74, 6) is 1.49. The van der Waals surface area contributed by atoms with Crippen molar-refractivity contribution < 1.29 is 0 Å². The Morgan fingerprint density at radius 1 is 1.13 bits per heavy atom. The minimum Gasteiger partial charge on any atom is -0.0654 e. The van der Waals surface area contributed by atoms with Gasteiger partial charge in [-0.1, -0.05) is 57.9 Å². The van der Waals surface area contributed by atoms with Crippen LogP contribution in [0.15, 0.2) is 24.3 Å². The Hall–Kier alpha value is -0.780. The van der Waals surface area contributed by atoms with Crippen LogP contribution in [0.25, 0.3) is 0 Å². The molecule has 0 amide bonds. The predicted octanol–water partition coefficient (Wildman–Crippen LogP) is 4.92. The zero-order valence-electron chi connectivity index (χ0n) is 10.6. The van der Waals surface area contributed by atoms with Gasteiger partial charge < -0.3 is 0 Å². The van der Waals surface area contributed by atoms with Gasteiger partial charge in [0.1, 0.15) is 0 Å². The third-order valence-corrected chi connectivity index (χ3v) is 3.26. The standard InChI is InChI=1S/C15H24/c1-5-6-10-14(12(2)3)15-11-8-7-9-13(15)4/h7-9,11-12,14H,5-6,10H2,1-4H3. The van der Waals surface area contributed by atoms with Crippen molar-refractivity contribution in [3.63, 3.8) is 0 Å². The van der Waals surface area contributed by atoms with Crippen molar-refractivity contribution in [3.8, 4) is 0 Å². The van der Waals surface area contributed by atoms with Crippen LogP contribution in [-0.4, -0.2) is 0 Å². The lowest BCUT2D eigenvalue weighted by atomic mass is 9.82. The van der Waals surface area contributed by atoms with Gasteiger partial charge in [0.25, 0.3) is 0 Å². The first-order valence-electron chi connectivity index (χ1n) is 6.22. The van der Waals surface area contributed by atoms with Gasteiger partial charge in [-0.3, -0.25) is 0 Å². The molecule has 0 bridgehead atoms. The van der Waals surface area contributed by atoms with Gasteiger partial charge in [-0.15, -0.1) is 0 Å². The highest BCUT2D eigenvalue weighted by Crippen LogP contribution is 2.31. The summed E-state index contributed by atoms with van der Waals surface area (Å²) in [7, 11) is 0. The Bertz CT molecular complexity index is 286. The van der Waals surface area contributed by atoms with Crippen LogP contribution >= 0.6 is 0 Å². The molecule has 0 aliphatic carbocycles. The SMILES string of the molecule is CCCCC(c1ccccc1C)C(C)C. The van der Waals surface area contributed by atoms with Crippen LogP contribution in [0.2, 0.25) is 0 Å². The Morgan fingerprint density at radius 3 is 2.33 bits per heavy atom. The van der Waals surface area contributed by atoms with Crippen LogP contribution in [-0.2, 0) is 0 Å². The molecule has 0 saturated carbocycles. The van der Waals surface area contributed by atoms with E-state index in [2.05, 4.69) is 52.0 Å². The molecule has 0 aromatic heterocycles. The summed E-state index contributed by atoms with van der Waals surface area (Å²) in [6.45, 7) is 9.19. The Morgan fingerprint density at radius 2 is 1.80 bits per heavy atom. The monoisotopic (exact) mass is 204 g/mol. The molecule has 0 heterocycles. The Labute approximate surface area is 94.7 Å². The average molecular weight is 204 g/mol. The molecule has 0 nitrogen and oxygen atoms in total. The second-order valence-corrected chi connectivity index (χ2v) is 4.85. The van der Waals surface area contributed by atoms with E-state index in [-0.39, 0.29) is 0 Å². The molecule has 84 valence electrons. The average Bonchev–Trinajstić information content (AvgIpc) is 2.20. The third kappa shape index (κ3) is 3.37. The minimum atomic E-state index is 0.742. The highest BCUT2D eigenvalue weighted by molar-refractivity contribution is 5.29. The summed E-state index contributed by atoms with van der Waals surface area (Å²) in [5.41, 5.74) is 3.01. The largest absolute Gasteiger partial charge is 0.0654 e. The second kappa shape index (κ2) is 5.95. The van der Waals surface area contributed by atoms with E-state index in [1.54, 1.807) is 5.56 Å². The molecule has 1 atom stereocenters. The molecule has 0 aliphatic heterocycles. The molecule has 0 aliphatic rings. The quantitative estimate of drug-likeness (QED) is 0.638. The van der Waals surface area contributed by atoms with Crippen LogP contribution < -0.4 is 0 Å². The first-order chi connectivity index (χ1) is 7.16. The van der Waals surface area contributed by atoms with Gasteiger partial charge >= 0.3 is 0 Å². The van der Waals surface area contributed by atoms with Gasteiger partial charge in [-0.25, -0.2) is 0 Å². The highest BCUT2D eigenvalue weighted by Gasteiger charge is 2.16. The van der Waals surface area contributed by atoms with Crippen molar-refractivity contribution in [2.24, 2.45) is 5.92 Å².